The molecule has 0 spiro atoms. The van der Waals surface area contributed by atoms with Crippen molar-refractivity contribution in [3.63, 3.8) is 0 Å². The van der Waals surface area contributed by atoms with Crippen molar-refractivity contribution in [2.45, 2.75) is 19.4 Å². The van der Waals surface area contributed by atoms with Crippen LogP contribution >= 0.6 is 0 Å². The maximum Gasteiger partial charge on any atom is 0.251 e. The first-order chi connectivity index (χ1) is 8.64. The molecule has 0 fully saturated rings. The molecule has 0 radical (unpaired) electrons. The Hall–Kier alpha value is -1.75. The first-order valence-corrected chi connectivity index (χ1v) is 5.88. The number of nitrogens with one attached hydrogen (secondary N) is 1. The molecule has 18 heavy (non-hydrogen) atoms. The van der Waals surface area contributed by atoms with Crippen LogP contribution in [0.15, 0.2) is 18.2 Å². The van der Waals surface area contributed by atoms with E-state index in [9.17, 15) is 4.79 Å². The summed E-state index contributed by atoms with van der Waals surface area (Å²) in [5.41, 5.74) is 6.06. The summed E-state index contributed by atoms with van der Waals surface area (Å²) in [4.78, 5) is 12.0. The van der Waals surface area contributed by atoms with Crippen LogP contribution in [0.25, 0.3) is 0 Å². The summed E-state index contributed by atoms with van der Waals surface area (Å²) in [6.45, 7) is 2.40. The third-order valence-corrected chi connectivity index (χ3v) is 2.73. The van der Waals surface area contributed by atoms with Gasteiger partial charge in [0.1, 0.15) is 11.5 Å². The van der Waals surface area contributed by atoms with Crippen molar-refractivity contribution >= 4 is 5.91 Å². The fourth-order valence-corrected chi connectivity index (χ4v) is 1.53. The molecule has 5 nitrogen and oxygen atoms in total. The van der Waals surface area contributed by atoms with Crippen LogP contribution in [0.3, 0.4) is 0 Å². The van der Waals surface area contributed by atoms with Crippen LogP contribution in [-0.2, 0) is 0 Å². The van der Waals surface area contributed by atoms with Gasteiger partial charge in [0, 0.05) is 24.2 Å². The molecule has 1 atom stereocenters. The van der Waals surface area contributed by atoms with Gasteiger partial charge in [0.2, 0.25) is 0 Å². The van der Waals surface area contributed by atoms with Crippen LogP contribution in [0, 0.1) is 0 Å². The van der Waals surface area contributed by atoms with Crippen molar-refractivity contribution in [3.05, 3.63) is 23.8 Å². The highest BCUT2D eigenvalue weighted by Gasteiger charge is 2.13. The summed E-state index contributed by atoms with van der Waals surface area (Å²) in [7, 11) is 3.09. The van der Waals surface area contributed by atoms with E-state index in [0.29, 0.717) is 23.6 Å². The van der Waals surface area contributed by atoms with E-state index in [1.807, 2.05) is 6.92 Å². The highest BCUT2D eigenvalue weighted by molar-refractivity contribution is 5.95. The lowest BCUT2D eigenvalue weighted by Crippen LogP contribution is -2.39. The van der Waals surface area contributed by atoms with E-state index in [-0.39, 0.29) is 11.9 Å². The Morgan fingerprint density at radius 2 is 1.83 bits per heavy atom. The second-order valence-electron chi connectivity index (χ2n) is 3.92. The highest BCUT2D eigenvalue weighted by atomic mass is 16.5. The molecule has 1 unspecified atom stereocenters. The predicted molar refractivity (Wildman–Crippen MR) is 70.1 cm³/mol. The topological polar surface area (TPSA) is 73.6 Å². The van der Waals surface area contributed by atoms with Gasteiger partial charge in [-0.1, -0.05) is 6.92 Å². The zero-order valence-electron chi connectivity index (χ0n) is 11.0. The molecule has 1 aromatic rings. The maximum atomic E-state index is 12.0. The van der Waals surface area contributed by atoms with Gasteiger partial charge >= 0.3 is 0 Å². The van der Waals surface area contributed by atoms with Crippen LogP contribution in [0.5, 0.6) is 11.5 Å². The minimum atomic E-state index is -0.176. The summed E-state index contributed by atoms with van der Waals surface area (Å²) in [6, 6.07) is 5.04. The molecule has 0 aliphatic heterocycles. The molecule has 0 aliphatic rings. The van der Waals surface area contributed by atoms with Gasteiger partial charge in [-0.25, -0.2) is 0 Å². The summed E-state index contributed by atoms with van der Waals surface area (Å²) in [6.07, 6.45) is 0.795. The predicted octanol–water partition coefficient (Wildman–Crippen LogP) is 1.17. The smallest absolute Gasteiger partial charge is 0.251 e. The van der Waals surface area contributed by atoms with Crippen LogP contribution in [0.2, 0.25) is 0 Å². The number of carbonyl (C=O) groups is 1. The molecule has 1 aromatic carbocycles. The first kappa shape index (κ1) is 14.3. The van der Waals surface area contributed by atoms with Gasteiger partial charge in [0.25, 0.3) is 5.91 Å². The van der Waals surface area contributed by atoms with Crippen molar-refractivity contribution in [3.8, 4) is 11.5 Å². The summed E-state index contributed by atoms with van der Waals surface area (Å²) in [5, 5.41) is 2.86. The molecule has 100 valence electrons. The number of hydrogen-bond donors (Lipinski definition) is 2. The fraction of sp³-hybridized carbons (Fsp3) is 0.462. The van der Waals surface area contributed by atoms with Crippen molar-refractivity contribution in [1.82, 2.24) is 5.32 Å². The SMILES string of the molecule is CCC(CN)NC(=O)c1cc(OC)cc(OC)c1. The molecule has 0 aromatic heterocycles. The quantitative estimate of drug-likeness (QED) is 0.797. The number of carbonyl (C=O) groups excluding carboxylic acids is 1. The van der Waals surface area contributed by atoms with Gasteiger partial charge in [-0.2, -0.15) is 0 Å². The molecule has 0 heterocycles. The van der Waals surface area contributed by atoms with Gasteiger partial charge in [0.15, 0.2) is 0 Å². The minimum Gasteiger partial charge on any atom is -0.497 e. The number of ether oxygens (including phenoxy) is 2. The first-order valence-electron chi connectivity index (χ1n) is 5.88. The van der Waals surface area contributed by atoms with Crippen molar-refractivity contribution in [1.29, 1.82) is 0 Å². The van der Waals surface area contributed by atoms with Crippen molar-refractivity contribution < 1.29 is 14.3 Å². The number of hydrogen-bond acceptors (Lipinski definition) is 4. The summed E-state index contributed by atoms with van der Waals surface area (Å²) in [5.74, 6) is 0.991. The molecule has 0 saturated heterocycles. The third-order valence-electron chi connectivity index (χ3n) is 2.73. The van der Waals surface area contributed by atoms with E-state index in [2.05, 4.69) is 5.32 Å². The number of nitrogens with two attached hydrogens (primary N) is 1. The summed E-state index contributed by atoms with van der Waals surface area (Å²) < 4.78 is 10.2. The Morgan fingerprint density at radius 3 is 2.22 bits per heavy atom. The van der Waals surface area contributed by atoms with E-state index in [1.165, 1.54) is 0 Å². The van der Waals surface area contributed by atoms with Gasteiger partial charge in [-0.3, -0.25) is 4.79 Å². The minimum absolute atomic E-state index is 0.0188. The van der Waals surface area contributed by atoms with Gasteiger partial charge in [0.05, 0.1) is 14.2 Å². The van der Waals surface area contributed by atoms with Crippen molar-refractivity contribution in [2.75, 3.05) is 20.8 Å². The Kier molecular flexibility index (Phi) is 5.45. The molecule has 0 bridgehead atoms. The second-order valence-corrected chi connectivity index (χ2v) is 3.92. The van der Waals surface area contributed by atoms with Gasteiger partial charge in [-0.15, -0.1) is 0 Å². The van der Waals surface area contributed by atoms with E-state index in [1.54, 1.807) is 32.4 Å². The molecule has 1 rings (SSSR count). The third kappa shape index (κ3) is 3.63. The monoisotopic (exact) mass is 252 g/mol. The molecular weight excluding hydrogens is 232 g/mol. The zero-order valence-corrected chi connectivity index (χ0v) is 11.0. The van der Waals surface area contributed by atoms with Crippen LogP contribution in [-0.4, -0.2) is 32.7 Å². The average Bonchev–Trinajstić information content (AvgIpc) is 2.43. The van der Waals surface area contributed by atoms with E-state index in [0.717, 1.165) is 6.42 Å². The second kappa shape index (κ2) is 6.86. The van der Waals surface area contributed by atoms with Gasteiger partial charge < -0.3 is 20.5 Å². The Labute approximate surface area is 107 Å². The van der Waals surface area contributed by atoms with Gasteiger partial charge in [-0.05, 0) is 18.6 Å². The number of benzene rings is 1. The fourth-order valence-electron chi connectivity index (χ4n) is 1.53. The Balaban J connectivity index is 2.90. The standard InChI is InChI=1S/C13H20N2O3/c1-4-10(8-14)15-13(16)9-5-11(17-2)7-12(6-9)18-3/h5-7,10H,4,8,14H2,1-3H3,(H,15,16). The number of rotatable bonds is 6. The largest absolute Gasteiger partial charge is 0.497 e. The summed E-state index contributed by atoms with van der Waals surface area (Å²) >= 11 is 0. The van der Waals surface area contributed by atoms with Crippen molar-refractivity contribution in [2.24, 2.45) is 5.73 Å². The number of amides is 1. The molecule has 0 aliphatic carbocycles. The molecular formula is C13H20N2O3. The molecule has 5 heteroatoms. The zero-order chi connectivity index (χ0) is 13.5. The lowest BCUT2D eigenvalue weighted by atomic mass is 10.1. The van der Waals surface area contributed by atoms with Crippen LogP contribution < -0.4 is 20.5 Å². The maximum absolute atomic E-state index is 12.0. The van der Waals surface area contributed by atoms with E-state index in [4.69, 9.17) is 15.2 Å². The lowest BCUT2D eigenvalue weighted by molar-refractivity contribution is 0.0936. The normalized spacial score (nSPS) is 11.8. The Morgan fingerprint density at radius 1 is 1.28 bits per heavy atom. The lowest BCUT2D eigenvalue weighted by Gasteiger charge is -2.15. The highest BCUT2D eigenvalue weighted by Crippen LogP contribution is 2.22. The molecule has 1 amide bonds. The van der Waals surface area contributed by atoms with E-state index < -0.39 is 0 Å². The average molecular weight is 252 g/mol. The van der Waals surface area contributed by atoms with Crippen LogP contribution in [0.1, 0.15) is 23.7 Å². The Bertz CT molecular complexity index is 381. The molecule has 3 N–H and O–H groups in total. The van der Waals surface area contributed by atoms with E-state index >= 15 is 0 Å². The number of methoxy groups -OCH3 is 2. The van der Waals surface area contributed by atoms with Crippen LogP contribution in [0.4, 0.5) is 0 Å². The molecule has 0 saturated carbocycles.